The molecule has 4 N–H and O–H groups in total. The van der Waals surface area contributed by atoms with Crippen molar-refractivity contribution in [3.05, 3.63) is 40.2 Å². The number of nitrogens with two attached hydrogens (primary N) is 1. The van der Waals surface area contributed by atoms with Gasteiger partial charge < -0.3 is 15.8 Å². The SMILES string of the molecule is CCCc1c(O)nc(-c2ccc(N)cc2)[nH]c1=O. The van der Waals surface area contributed by atoms with Crippen molar-refractivity contribution < 1.29 is 5.11 Å². The van der Waals surface area contributed by atoms with Crippen molar-refractivity contribution in [3.63, 3.8) is 0 Å². The fourth-order valence-electron chi connectivity index (χ4n) is 1.74. The van der Waals surface area contributed by atoms with Gasteiger partial charge in [0.1, 0.15) is 5.82 Å². The molecular formula is C13H15N3O2. The molecule has 0 unspecified atom stereocenters. The highest BCUT2D eigenvalue weighted by molar-refractivity contribution is 5.59. The third kappa shape index (κ3) is 2.34. The number of nitrogen functional groups attached to an aromatic ring is 1. The van der Waals surface area contributed by atoms with E-state index in [0.29, 0.717) is 29.1 Å². The Hall–Kier alpha value is -2.30. The van der Waals surface area contributed by atoms with Crippen molar-refractivity contribution in [1.82, 2.24) is 9.97 Å². The lowest BCUT2D eigenvalue weighted by Crippen LogP contribution is -2.15. The topological polar surface area (TPSA) is 92.0 Å². The van der Waals surface area contributed by atoms with Crippen molar-refractivity contribution in [3.8, 4) is 17.3 Å². The highest BCUT2D eigenvalue weighted by Crippen LogP contribution is 2.19. The fraction of sp³-hybridized carbons (Fsp3) is 0.231. The number of benzene rings is 1. The molecule has 5 heteroatoms. The average molecular weight is 245 g/mol. The second kappa shape index (κ2) is 4.91. The molecule has 0 atom stereocenters. The molecule has 1 aromatic heterocycles. The Kier molecular flexibility index (Phi) is 3.32. The lowest BCUT2D eigenvalue weighted by Gasteiger charge is -2.05. The summed E-state index contributed by atoms with van der Waals surface area (Å²) in [4.78, 5) is 18.5. The molecule has 0 bridgehead atoms. The molecule has 0 spiro atoms. The van der Waals surface area contributed by atoms with Crippen LogP contribution in [-0.2, 0) is 6.42 Å². The fourth-order valence-corrected chi connectivity index (χ4v) is 1.74. The molecule has 18 heavy (non-hydrogen) atoms. The number of hydrogen-bond donors (Lipinski definition) is 3. The molecule has 0 amide bonds. The van der Waals surface area contributed by atoms with E-state index < -0.39 is 0 Å². The van der Waals surface area contributed by atoms with Crippen LogP contribution in [0.15, 0.2) is 29.1 Å². The minimum absolute atomic E-state index is 0.201. The predicted molar refractivity (Wildman–Crippen MR) is 70.4 cm³/mol. The Morgan fingerprint density at radius 2 is 2.00 bits per heavy atom. The van der Waals surface area contributed by atoms with Gasteiger partial charge in [-0.25, -0.2) is 0 Å². The van der Waals surface area contributed by atoms with Gasteiger partial charge in [-0.15, -0.1) is 0 Å². The normalized spacial score (nSPS) is 10.5. The zero-order valence-electron chi connectivity index (χ0n) is 10.1. The maximum absolute atomic E-state index is 11.8. The average Bonchev–Trinajstić information content (AvgIpc) is 2.34. The Balaban J connectivity index is 2.48. The number of nitrogens with one attached hydrogen (secondary N) is 1. The summed E-state index contributed by atoms with van der Waals surface area (Å²) in [5.41, 5.74) is 6.96. The van der Waals surface area contributed by atoms with E-state index in [4.69, 9.17) is 5.73 Å². The number of hydrogen-bond acceptors (Lipinski definition) is 4. The molecule has 2 aromatic rings. The minimum atomic E-state index is -0.295. The van der Waals surface area contributed by atoms with Crippen LogP contribution in [0.4, 0.5) is 5.69 Å². The van der Waals surface area contributed by atoms with E-state index in [2.05, 4.69) is 9.97 Å². The van der Waals surface area contributed by atoms with Crippen molar-refractivity contribution in [1.29, 1.82) is 0 Å². The molecule has 0 fully saturated rings. The summed E-state index contributed by atoms with van der Waals surface area (Å²) in [5.74, 6) is 0.143. The lowest BCUT2D eigenvalue weighted by molar-refractivity contribution is 0.443. The molecule has 2 rings (SSSR count). The Morgan fingerprint density at radius 3 is 2.56 bits per heavy atom. The van der Waals surface area contributed by atoms with Crippen LogP contribution in [0.25, 0.3) is 11.4 Å². The summed E-state index contributed by atoms with van der Waals surface area (Å²) in [5, 5.41) is 9.76. The maximum atomic E-state index is 11.8. The van der Waals surface area contributed by atoms with Gasteiger partial charge in [0.25, 0.3) is 5.56 Å². The number of aromatic hydroxyl groups is 1. The predicted octanol–water partition coefficient (Wildman–Crippen LogP) is 1.68. The molecule has 0 aliphatic carbocycles. The van der Waals surface area contributed by atoms with E-state index in [1.165, 1.54) is 0 Å². The molecule has 1 heterocycles. The number of aromatic nitrogens is 2. The summed E-state index contributed by atoms with van der Waals surface area (Å²) in [7, 11) is 0. The van der Waals surface area contributed by atoms with Gasteiger partial charge in [0.05, 0.1) is 5.56 Å². The van der Waals surface area contributed by atoms with Crippen LogP contribution in [-0.4, -0.2) is 15.1 Å². The number of aromatic amines is 1. The summed E-state index contributed by atoms with van der Waals surface area (Å²) in [6, 6.07) is 6.91. The van der Waals surface area contributed by atoms with Gasteiger partial charge in [-0.3, -0.25) is 4.79 Å². The van der Waals surface area contributed by atoms with Gasteiger partial charge in [-0.2, -0.15) is 4.98 Å². The Morgan fingerprint density at radius 1 is 1.33 bits per heavy atom. The number of H-pyrrole nitrogens is 1. The molecule has 0 saturated carbocycles. The Bertz CT molecular complexity index is 603. The number of anilines is 1. The van der Waals surface area contributed by atoms with Gasteiger partial charge in [-0.1, -0.05) is 13.3 Å². The zero-order chi connectivity index (χ0) is 13.1. The quantitative estimate of drug-likeness (QED) is 0.717. The first-order chi connectivity index (χ1) is 8.61. The standard InChI is InChI=1S/C13H15N3O2/c1-2-3-10-12(17)15-11(16-13(10)18)8-4-6-9(14)7-5-8/h4-7H,2-3,14H2,1H3,(H2,15,16,17,18). The van der Waals surface area contributed by atoms with Gasteiger partial charge in [0.2, 0.25) is 5.88 Å². The molecule has 0 radical (unpaired) electrons. The summed E-state index contributed by atoms with van der Waals surface area (Å²) >= 11 is 0. The highest BCUT2D eigenvalue weighted by Gasteiger charge is 2.10. The van der Waals surface area contributed by atoms with Gasteiger partial charge in [0, 0.05) is 11.3 Å². The summed E-state index contributed by atoms with van der Waals surface area (Å²) in [6.07, 6.45) is 1.29. The van der Waals surface area contributed by atoms with Crippen LogP contribution in [0, 0.1) is 0 Å². The second-order valence-corrected chi connectivity index (χ2v) is 4.09. The van der Waals surface area contributed by atoms with Crippen LogP contribution in [0.2, 0.25) is 0 Å². The van der Waals surface area contributed by atoms with Crippen LogP contribution < -0.4 is 11.3 Å². The largest absolute Gasteiger partial charge is 0.493 e. The first-order valence-electron chi connectivity index (χ1n) is 5.80. The number of rotatable bonds is 3. The van der Waals surface area contributed by atoms with E-state index in [0.717, 1.165) is 6.42 Å². The van der Waals surface area contributed by atoms with Crippen LogP contribution in [0.5, 0.6) is 5.88 Å². The van der Waals surface area contributed by atoms with E-state index in [9.17, 15) is 9.90 Å². The van der Waals surface area contributed by atoms with E-state index in [1.807, 2.05) is 6.92 Å². The second-order valence-electron chi connectivity index (χ2n) is 4.09. The third-order valence-electron chi connectivity index (χ3n) is 2.68. The summed E-state index contributed by atoms with van der Waals surface area (Å²) in [6.45, 7) is 1.94. The number of nitrogens with zero attached hydrogens (tertiary/aromatic N) is 1. The van der Waals surface area contributed by atoms with Gasteiger partial charge in [-0.05, 0) is 30.7 Å². The lowest BCUT2D eigenvalue weighted by atomic mass is 10.1. The first kappa shape index (κ1) is 12.2. The van der Waals surface area contributed by atoms with Crippen molar-refractivity contribution in [2.75, 3.05) is 5.73 Å². The first-order valence-corrected chi connectivity index (χ1v) is 5.80. The van der Waals surface area contributed by atoms with E-state index in [1.54, 1.807) is 24.3 Å². The van der Waals surface area contributed by atoms with Crippen LogP contribution in [0.1, 0.15) is 18.9 Å². The molecule has 5 nitrogen and oxygen atoms in total. The molecule has 0 saturated heterocycles. The molecule has 0 aliphatic rings. The minimum Gasteiger partial charge on any atom is -0.493 e. The highest BCUT2D eigenvalue weighted by atomic mass is 16.3. The van der Waals surface area contributed by atoms with Crippen molar-refractivity contribution in [2.45, 2.75) is 19.8 Å². The zero-order valence-corrected chi connectivity index (χ0v) is 10.1. The maximum Gasteiger partial charge on any atom is 0.258 e. The van der Waals surface area contributed by atoms with Crippen LogP contribution >= 0.6 is 0 Å². The van der Waals surface area contributed by atoms with E-state index >= 15 is 0 Å². The van der Waals surface area contributed by atoms with Crippen molar-refractivity contribution in [2.24, 2.45) is 0 Å². The monoisotopic (exact) mass is 245 g/mol. The Labute approximate surface area is 104 Å². The van der Waals surface area contributed by atoms with Gasteiger partial charge >= 0.3 is 0 Å². The van der Waals surface area contributed by atoms with E-state index in [-0.39, 0.29) is 11.4 Å². The van der Waals surface area contributed by atoms with Crippen LogP contribution in [0.3, 0.4) is 0 Å². The third-order valence-corrected chi connectivity index (χ3v) is 2.68. The molecular weight excluding hydrogens is 230 g/mol. The molecule has 0 aliphatic heterocycles. The van der Waals surface area contributed by atoms with Crippen molar-refractivity contribution >= 4 is 5.69 Å². The van der Waals surface area contributed by atoms with Gasteiger partial charge in [0.15, 0.2) is 0 Å². The molecule has 1 aromatic carbocycles. The smallest absolute Gasteiger partial charge is 0.258 e. The molecule has 94 valence electrons. The summed E-state index contributed by atoms with van der Waals surface area (Å²) < 4.78 is 0.